The minimum Gasteiger partial charge on any atom is -0.302 e. The maximum atomic E-state index is 13.6. The first-order valence-corrected chi connectivity index (χ1v) is 12.7. The summed E-state index contributed by atoms with van der Waals surface area (Å²) >= 11 is 1.49. The predicted molar refractivity (Wildman–Crippen MR) is 137 cm³/mol. The van der Waals surface area contributed by atoms with Gasteiger partial charge in [0.25, 0.3) is 5.56 Å². The van der Waals surface area contributed by atoms with E-state index in [9.17, 15) is 13.6 Å². The Kier molecular flexibility index (Phi) is 6.62. The second kappa shape index (κ2) is 9.84. The molecule has 1 aliphatic rings. The van der Waals surface area contributed by atoms with Crippen LogP contribution < -0.4 is 5.56 Å². The second-order valence-electron chi connectivity index (χ2n) is 9.06. The lowest BCUT2D eigenvalue weighted by Crippen LogP contribution is -2.34. The summed E-state index contributed by atoms with van der Waals surface area (Å²) in [5.74, 6) is -0.549. The van der Waals surface area contributed by atoms with Gasteiger partial charge in [0.1, 0.15) is 11.6 Å². The number of benzene rings is 2. The van der Waals surface area contributed by atoms with Gasteiger partial charge in [-0.05, 0) is 74.1 Å². The normalized spacial score (nSPS) is 14.6. The van der Waals surface area contributed by atoms with Crippen LogP contribution in [0.2, 0.25) is 0 Å². The van der Waals surface area contributed by atoms with Crippen LogP contribution in [0.25, 0.3) is 10.5 Å². The van der Waals surface area contributed by atoms with Gasteiger partial charge in [0.05, 0.1) is 0 Å². The van der Waals surface area contributed by atoms with Crippen LogP contribution in [-0.4, -0.2) is 33.9 Å². The topological polar surface area (TPSA) is 37.6 Å². The highest BCUT2D eigenvalue weighted by atomic mass is 32.1. The zero-order valence-electron chi connectivity index (χ0n) is 19.9. The van der Waals surface area contributed by atoms with Crippen LogP contribution in [0.5, 0.6) is 0 Å². The predicted octanol–water partition coefficient (Wildman–Crippen LogP) is 5.79. The highest BCUT2D eigenvalue weighted by Gasteiger charge is 2.20. The van der Waals surface area contributed by atoms with E-state index in [0.717, 1.165) is 71.1 Å². The van der Waals surface area contributed by atoms with E-state index < -0.39 is 0 Å². The molecule has 0 atom stereocenters. The first kappa shape index (κ1) is 23.6. The minimum atomic E-state index is -0.274. The van der Waals surface area contributed by atoms with Gasteiger partial charge in [-0.2, -0.15) is 0 Å². The van der Waals surface area contributed by atoms with Crippen molar-refractivity contribution in [1.82, 2.24) is 14.3 Å². The molecule has 0 aliphatic carbocycles. The number of fused-ring (bicyclic) bond motifs is 1. The van der Waals surface area contributed by atoms with E-state index in [1.54, 1.807) is 28.7 Å². The van der Waals surface area contributed by atoms with Gasteiger partial charge in [-0.25, -0.2) is 13.8 Å². The van der Waals surface area contributed by atoms with Crippen molar-refractivity contribution in [3.63, 3.8) is 0 Å². The van der Waals surface area contributed by atoms with E-state index in [2.05, 4.69) is 9.88 Å². The Labute approximate surface area is 207 Å². The fourth-order valence-electron chi connectivity index (χ4n) is 4.88. The van der Waals surface area contributed by atoms with Gasteiger partial charge < -0.3 is 4.90 Å². The third kappa shape index (κ3) is 4.83. The summed E-state index contributed by atoms with van der Waals surface area (Å²) in [6.07, 6.45) is 2.39. The average Bonchev–Trinajstić information content (AvgIpc) is 3.22. The minimum absolute atomic E-state index is 0.0405. The van der Waals surface area contributed by atoms with Crippen LogP contribution in [0, 0.1) is 25.5 Å². The number of thiazole rings is 1. The van der Waals surface area contributed by atoms with E-state index in [1.165, 1.54) is 41.2 Å². The summed E-state index contributed by atoms with van der Waals surface area (Å²) in [6, 6.07) is 13.0. The van der Waals surface area contributed by atoms with Crippen LogP contribution >= 0.6 is 11.3 Å². The van der Waals surface area contributed by atoms with E-state index in [4.69, 9.17) is 0 Å². The van der Waals surface area contributed by atoms with Gasteiger partial charge in [0.15, 0.2) is 4.96 Å². The van der Waals surface area contributed by atoms with Crippen LogP contribution in [0.15, 0.2) is 64.3 Å². The summed E-state index contributed by atoms with van der Waals surface area (Å²) < 4.78 is 28.9. The third-order valence-corrected chi connectivity index (χ3v) is 7.74. The molecule has 0 N–H and O–H groups in total. The molecule has 7 heteroatoms. The highest BCUT2D eigenvalue weighted by molar-refractivity contribution is 7.15. The number of aromatic nitrogens is 2. The Bertz CT molecular complexity index is 1400. The molecule has 0 radical (unpaired) electrons. The van der Waals surface area contributed by atoms with Gasteiger partial charge in [-0.3, -0.25) is 9.20 Å². The molecular weight excluding hydrogens is 464 g/mol. The summed E-state index contributed by atoms with van der Waals surface area (Å²) in [5.41, 5.74) is 6.78. The molecule has 180 valence electrons. The number of aryl methyl sites for hydroxylation is 2. The Morgan fingerprint density at radius 2 is 1.51 bits per heavy atom. The molecule has 1 fully saturated rings. The Morgan fingerprint density at radius 1 is 0.943 bits per heavy atom. The molecule has 2 aromatic heterocycles. The molecule has 5 rings (SSSR count). The number of hydrogen-bond acceptors (Lipinski definition) is 4. The molecule has 4 aromatic rings. The lowest BCUT2D eigenvalue weighted by molar-refractivity contribution is 0.259. The number of nitrogens with zero attached hydrogens (tertiary/aromatic N) is 3. The van der Waals surface area contributed by atoms with Crippen molar-refractivity contribution >= 4 is 21.9 Å². The highest BCUT2D eigenvalue weighted by Crippen LogP contribution is 2.32. The van der Waals surface area contributed by atoms with Gasteiger partial charge in [-0.1, -0.05) is 29.8 Å². The molecule has 0 saturated carbocycles. The molecule has 0 spiro atoms. The Morgan fingerprint density at radius 3 is 2.09 bits per heavy atom. The van der Waals surface area contributed by atoms with Gasteiger partial charge in [-0.15, -0.1) is 11.3 Å². The van der Waals surface area contributed by atoms with E-state index >= 15 is 0 Å². The monoisotopic (exact) mass is 491 g/mol. The molecule has 35 heavy (non-hydrogen) atoms. The molecule has 0 unspecified atom stereocenters. The number of halogens is 2. The molecule has 0 amide bonds. The van der Waals surface area contributed by atoms with Gasteiger partial charge >= 0.3 is 0 Å². The van der Waals surface area contributed by atoms with E-state index in [-0.39, 0.29) is 17.2 Å². The summed E-state index contributed by atoms with van der Waals surface area (Å²) in [5, 5.41) is 1.96. The standard InChI is InChI=1S/C28H27F2N3OS/c1-18-17-35-28-31-19(2)25(27(34)33(18)28)13-16-32-14-11-22(12-15-32)26(20-3-7-23(29)8-4-20)21-5-9-24(30)10-6-21/h3-10,17H,11-16H2,1-2H3. The van der Waals surface area contributed by atoms with Gasteiger partial charge in [0.2, 0.25) is 0 Å². The maximum Gasteiger partial charge on any atom is 0.262 e. The third-order valence-electron chi connectivity index (χ3n) is 6.80. The number of likely N-dealkylation sites (tertiary alicyclic amines) is 1. The number of piperidine rings is 1. The quantitative estimate of drug-likeness (QED) is 0.355. The first-order valence-electron chi connectivity index (χ1n) is 11.8. The van der Waals surface area contributed by atoms with Crippen molar-refractivity contribution in [2.45, 2.75) is 33.1 Å². The van der Waals surface area contributed by atoms with Crippen LogP contribution in [0.1, 0.15) is 40.9 Å². The SMILES string of the molecule is Cc1nc2scc(C)n2c(=O)c1CCN1CCC(=C(c2ccc(F)cc2)c2ccc(F)cc2)CC1. The Hall–Kier alpha value is -3.16. The van der Waals surface area contributed by atoms with Crippen molar-refractivity contribution in [3.8, 4) is 0 Å². The number of rotatable bonds is 5. The fraction of sp³-hybridized carbons (Fsp3) is 0.286. The zero-order valence-corrected chi connectivity index (χ0v) is 20.7. The maximum absolute atomic E-state index is 13.6. The Balaban J connectivity index is 1.35. The summed E-state index contributed by atoms with van der Waals surface area (Å²) in [6.45, 7) is 6.39. The lowest BCUT2D eigenvalue weighted by atomic mass is 9.88. The second-order valence-corrected chi connectivity index (χ2v) is 9.90. The van der Waals surface area contributed by atoms with Crippen LogP contribution in [0.4, 0.5) is 8.78 Å². The first-order chi connectivity index (χ1) is 16.9. The molecule has 3 heterocycles. The van der Waals surface area contributed by atoms with Crippen LogP contribution in [-0.2, 0) is 6.42 Å². The zero-order chi connectivity index (χ0) is 24.5. The van der Waals surface area contributed by atoms with Gasteiger partial charge in [0, 0.05) is 42.0 Å². The number of hydrogen-bond donors (Lipinski definition) is 0. The van der Waals surface area contributed by atoms with Crippen molar-refractivity contribution in [1.29, 1.82) is 0 Å². The van der Waals surface area contributed by atoms with Crippen molar-refractivity contribution in [2.75, 3.05) is 19.6 Å². The molecule has 4 nitrogen and oxygen atoms in total. The van der Waals surface area contributed by atoms with E-state index in [1.807, 2.05) is 19.2 Å². The van der Waals surface area contributed by atoms with Crippen molar-refractivity contribution in [3.05, 3.63) is 110 Å². The smallest absolute Gasteiger partial charge is 0.262 e. The average molecular weight is 492 g/mol. The summed E-state index contributed by atoms with van der Waals surface area (Å²) in [7, 11) is 0. The lowest BCUT2D eigenvalue weighted by Gasteiger charge is -2.30. The van der Waals surface area contributed by atoms with E-state index in [0.29, 0.717) is 6.42 Å². The molecule has 0 bridgehead atoms. The largest absolute Gasteiger partial charge is 0.302 e. The molecule has 1 aliphatic heterocycles. The van der Waals surface area contributed by atoms with Crippen molar-refractivity contribution < 1.29 is 8.78 Å². The molecular formula is C28H27F2N3OS. The molecule has 1 saturated heterocycles. The van der Waals surface area contributed by atoms with Crippen molar-refractivity contribution in [2.24, 2.45) is 0 Å². The fourth-order valence-corrected chi connectivity index (χ4v) is 5.78. The van der Waals surface area contributed by atoms with Crippen LogP contribution in [0.3, 0.4) is 0 Å². The summed E-state index contributed by atoms with van der Waals surface area (Å²) in [4.78, 5) is 20.8. The molecule has 2 aromatic carbocycles.